The van der Waals surface area contributed by atoms with Crippen LogP contribution in [0.4, 0.5) is 17.1 Å². The van der Waals surface area contributed by atoms with E-state index in [0.29, 0.717) is 5.69 Å². The predicted molar refractivity (Wildman–Crippen MR) is 93.2 cm³/mol. The van der Waals surface area contributed by atoms with Crippen molar-refractivity contribution >= 4 is 34.7 Å². The second kappa shape index (κ2) is 7.64. The van der Waals surface area contributed by atoms with Gasteiger partial charge in [0.25, 0.3) is 5.69 Å². The number of anilines is 2. The maximum Gasteiger partial charge on any atom is 0.292 e. The molecule has 0 heterocycles. The summed E-state index contributed by atoms with van der Waals surface area (Å²) < 4.78 is 0. The van der Waals surface area contributed by atoms with Gasteiger partial charge >= 0.3 is 0 Å². The second-order valence-electron chi connectivity index (χ2n) is 4.85. The maximum atomic E-state index is 12.2. The van der Waals surface area contributed by atoms with Crippen LogP contribution in [-0.4, -0.2) is 30.7 Å². The summed E-state index contributed by atoms with van der Waals surface area (Å²) in [4.78, 5) is 25.4. The van der Waals surface area contributed by atoms with Gasteiger partial charge in [-0.2, -0.15) is 0 Å². The van der Waals surface area contributed by atoms with E-state index >= 15 is 0 Å². The normalized spacial score (nSPS) is 10.2. The first-order chi connectivity index (χ1) is 11.0. The molecule has 0 unspecified atom stereocenters. The largest absolute Gasteiger partial charge is 0.360 e. The van der Waals surface area contributed by atoms with Gasteiger partial charge in [-0.3, -0.25) is 14.9 Å². The van der Waals surface area contributed by atoms with E-state index in [-0.39, 0.29) is 18.1 Å². The number of rotatable bonds is 6. The van der Waals surface area contributed by atoms with Gasteiger partial charge in [0.05, 0.1) is 17.2 Å². The zero-order valence-corrected chi connectivity index (χ0v) is 13.7. The summed E-state index contributed by atoms with van der Waals surface area (Å²) in [5.41, 5.74) is 1.12. The molecule has 0 fully saturated rings. The zero-order valence-electron chi connectivity index (χ0n) is 12.9. The number of para-hydroxylation sites is 3. The van der Waals surface area contributed by atoms with Crippen molar-refractivity contribution in [1.82, 2.24) is 0 Å². The molecule has 1 amide bonds. The van der Waals surface area contributed by atoms with Crippen LogP contribution in [0.2, 0.25) is 0 Å². The van der Waals surface area contributed by atoms with Gasteiger partial charge in [-0.05, 0) is 24.5 Å². The molecule has 0 spiro atoms. The molecule has 0 saturated heterocycles. The monoisotopic (exact) mass is 331 g/mol. The van der Waals surface area contributed by atoms with E-state index in [1.165, 1.54) is 6.07 Å². The summed E-state index contributed by atoms with van der Waals surface area (Å²) >= 11 is 1.54. The Hall–Kier alpha value is -2.54. The number of thioether (sulfide) groups is 1. The number of benzene rings is 2. The Balaban J connectivity index is 2.10. The number of hydrogen-bond acceptors (Lipinski definition) is 5. The molecular formula is C16H17N3O3S. The van der Waals surface area contributed by atoms with Crippen molar-refractivity contribution in [1.29, 1.82) is 0 Å². The summed E-state index contributed by atoms with van der Waals surface area (Å²) in [6.45, 7) is 0.0214. The topological polar surface area (TPSA) is 75.5 Å². The van der Waals surface area contributed by atoms with E-state index in [2.05, 4.69) is 5.32 Å². The Labute approximate surface area is 138 Å². The third-order valence-electron chi connectivity index (χ3n) is 3.25. The minimum Gasteiger partial charge on any atom is -0.360 e. The van der Waals surface area contributed by atoms with Gasteiger partial charge < -0.3 is 10.2 Å². The maximum absolute atomic E-state index is 12.2. The highest BCUT2D eigenvalue weighted by molar-refractivity contribution is 7.98. The van der Waals surface area contributed by atoms with Gasteiger partial charge in [-0.25, -0.2) is 0 Å². The number of nitrogens with one attached hydrogen (secondary N) is 1. The van der Waals surface area contributed by atoms with E-state index in [1.54, 1.807) is 41.9 Å². The van der Waals surface area contributed by atoms with E-state index in [0.717, 1.165) is 10.6 Å². The molecule has 2 aromatic carbocycles. The predicted octanol–water partition coefficient (Wildman–Crippen LogP) is 3.39. The van der Waals surface area contributed by atoms with Crippen molar-refractivity contribution in [2.75, 3.05) is 30.1 Å². The Kier molecular flexibility index (Phi) is 5.59. The fourth-order valence-electron chi connectivity index (χ4n) is 2.18. The molecule has 0 aliphatic heterocycles. The third kappa shape index (κ3) is 4.23. The van der Waals surface area contributed by atoms with E-state index in [4.69, 9.17) is 0 Å². The average molecular weight is 331 g/mol. The highest BCUT2D eigenvalue weighted by atomic mass is 32.2. The molecule has 0 aliphatic rings. The molecule has 0 atom stereocenters. The van der Waals surface area contributed by atoms with Gasteiger partial charge in [0.2, 0.25) is 5.91 Å². The molecule has 0 bridgehead atoms. The number of likely N-dealkylation sites (N-methyl/N-ethyl adjacent to an activating group) is 1. The van der Waals surface area contributed by atoms with Crippen LogP contribution >= 0.6 is 11.8 Å². The Morgan fingerprint density at radius 2 is 1.87 bits per heavy atom. The highest BCUT2D eigenvalue weighted by Crippen LogP contribution is 2.27. The van der Waals surface area contributed by atoms with Crippen molar-refractivity contribution in [3.8, 4) is 0 Å². The molecule has 1 N–H and O–H groups in total. The lowest BCUT2D eigenvalue weighted by atomic mass is 10.2. The molecule has 120 valence electrons. The van der Waals surface area contributed by atoms with Gasteiger partial charge in [-0.1, -0.05) is 24.3 Å². The van der Waals surface area contributed by atoms with Crippen LogP contribution in [-0.2, 0) is 4.79 Å². The number of nitro benzene ring substituents is 1. The van der Waals surface area contributed by atoms with Crippen molar-refractivity contribution in [2.45, 2.75) is 4.90 Å². The summed E-state index contributed by atoms with van der Waals surface area (Å²) in [5, 5.41) is 13.9. The van der Waals surface area contributed by atoms with Gasteiger partial charge in [0, 0.05) is 18.0 Å². The summed E-state index contributed by atoms with van der Waals surface area (Å²) in [6.07, 6.45) is 1.93. The van der Waals surface area contributed by atoms with E-state index in [9.17, 15) is 14.9 Å². The minimum absolute atomic E-state index is 0.0210. The first-order valence-electron chi connectivity index (χ1n) is 6.90. The lowest BCUT2D eigenvalue weighted by Crippen LogP contribution is -2.30. The Morgan fingerprint density at radius 1 is 1.22 bits per heavy atom. The molecule has 2 rings (SSSR count). The summed E-state index contributed by atoms with van der Waals surface area (Å²) in [6, 6.07) is 13.9. The number of carbonyl (C=O) groups is 1. The number of nitro groups is 1. The molecule has 0 saturated carbocycles. The van der Waals surface area contributed by atoms with Crippen molar-refractivity contribution in [2.24, 2.45) is 0 Å². The fraction of sp³-hybridized carbons (Fsp3) is 0.188. The van der Waals surface area contributed by atoms with Crippen LogP contribution in [0.5, 0.6) is 0 Å². The minimum atomic E-state index is -0.452. The number of nitrogens with zero attached hydrogens (tertiary/aromatic N) is 2. The number of amides is 1. The fourth-order valence-corrected chi connectivity index (χ4v) is 2.73. The molecular weight excluding hydrogens is 314 g/mol. The van der Waals surface area contributed by atoms with Gasteiger partial charge in [0.1, 0.15) is 5.69 Å². The van der Waals surface area contributed by atoms with E-state index in [1.807, 2.05) is 30.5 Å². The van der Waals surface area contributed by atoms with Gasteiger partial charge in [0.15, 0.2) is 0 Å². The van der Waals surface area contributed by atoms with E-state index < -0.39 is 4.92 Å². The standard InChI is InChI=1S/C16H17N3O3S/c1-18(13-8-4-5-9-14(13)19(21)22)11-16(20)17-12-7-3-6-10-15(12)23-2/h3-10H,11H2,1-2H3,(H,17,20). The van der Waals surface area contributed by atoms with Crippen LogP contribution in [0, 0.1) is 10.1 Å². The van der Waals surface area contributed by atoms with Crippen LogP contribution in [0.1, 0.15) is 0 Å². The van der Waals surface area contributed by atoms with Crippen molar-refractivity contribution < 1.29 is 9.72 Å². The average Bonchev–Trinajstić information content (AvgIpc) is 2.55. The Morgan fingerprint density at radius 3 is 2.57 bits per heavy atom. The molecule has 0 aliphatic carbocycles. The first kappa shape index (κ1) is 16.8. The van der Waals surface area contributed by atoms with Crippen LogP contribution in [0.25, 0.3) is 0 Å². The number of hydrogen-bond donors (Lipinski definition) is 1. The quantitative estimate of drug-likeness (QED) is 0.499. The summed E-state index contributed by atoms with van der Waals surface area (Å²) in [7, 11) is 1.66. The summed E-state index contributed by atoms with van der Waals surface area (Å²) in [5.74, 6) is -0.229. The first-order valence-corrected chi connectivity index (χ1v) is 8.13. The van der Waals surface area contributed by atoms with Crippen LogP contribution in [0.15, 0.2) is 53.4 Å². The van der Waals surface area contributed by atoms with Crippen LogP contribution in [0.3, 0.4) is 0 Å². The zero-order chi connectivity index (χ0) is 16.8. The lowest BCUT2D eigenvalue weighted by molar-refractivity contribution is -0.384. The molecule has 2 aromatic rings. The Bertz CT molecular complexity index is 721. The molecule has 0 radical (unpaired) electrons. The SMILES string of the molecule is CSc1ccccc1NC(=O)CN(C)c1ccccc1[N+](=O)[O-]. The number of carbonyl (C=O) groups excluding carboxylic acids is 1. The van der Waals surface area contributed by atoms with Crippen LogP contribution < -0.4 is 10.2 Å². The molecule has 0 aromatic heterocycles. The smallest absolute Gasteiger partial charge is 0.292 e. The van der Waals surface area contributed by atoms with Gasteiger partial charge in [-0.15, -0.1) is 11.8 Å². The lowest BCUT2D eigenvalue weighted by Gasteiger charge is -2.19. The van der Waals surface area contributed by atoms with Crippen molar-refractivity contribution in [3.63, 3.8) is 0 Å². The second-order valence-corrected chi connectivity index (χ2v) is 5.70. The third-order valence-corrected chi connectivity index (χ3v) is 4.05. The molecule has 23 heavy (non-hydrogen) atoms. The molecule has 6 nitrogen and oxygen atoms in total. The highest BCUT2D eigenvalue weighted by Gasteiger charge is 2.18. The van der Waals surface area contributed by atoms with Crippen molar-refractivity contribution in [3.05, 3.63) is 58.6 Å². The molecule has 7 heteroatoms.